The zero-order valence-electron chi connectivity index (χ0n) is 12.4. The van der Waals surface area contributed by atoms with Gasteiger partial charge in [-0.15, -0.1) is 11.3 Å². The molecule has 0 radical (unpaired) electrons. The fourth-order valence-electron chi connectivity index (χ4n) is 1.52. The van der Waals surface area contributed by atoms with Gasteiger partial charge in [0.2, 0.25) is 5.91 Å². The Balaban J connectivity index is 2.37. The largest absolute Gasteiger partial charge is 0.352 e. The van der Waals surface area contributed by atoms with Crippen LogP contribution in [0.15, 0.2) is 6.20 Å². The molecule has 7 heteroatoms. The van der Waals surface area contributed by atoms with Crippen LogP contribution in [0.25, 0.3) is 0 Å². The molecule has 3 amide bonds. The highest BCUT2D eigenvalue weighted by atomic mass is 32.1. The van der Waals surface area contributed by atoms with Crippen molar-refractivity contribution in [1.29, 1.82) is 0 Å². The molecule has 0 aliphatic rings. The van der Waals surface area contributed by atoms with Crippen molar-refractivity contribution in [3.63, 3.8) is 0 Å². The summed E-state index contributed by atoms with van der Waals surface area (Å²) in [5, 5.41) is 6.19. The van der Waals surface area contributed by atoms with Crippen LogP contribution in [0.4, 0.5) is 4.79 Å². The lowest BCUT2D eigenvalue weighted by Gasteiger charge is -2.16. The summed E-state index contributed by atoms with van der Waals surface area (Å²) in [5.74, 6) is -0.190. The maximum atomic E-state index is 11.8. The van der Waals surface area contributed by atoms with E-state index in [1.165, 1.54) is 9.78 Å². The minimum atomic E-state index is -0.280. The molecular formula is C13H22N4O2S. The van der Waals surface area contributed by atoms with Gasteiger partial charge in [-0.3, -0.25) is 4.79 Å². The second-order valence-corrected chi connectivity index (χ2v) is 6.01. The van der Waals surface area contributed by atoms with E-state index in [0.29, 0.717) is 6.54 Å². The Morgan fingerprint density at radius 2 is 2.15 bits per heavy atom. The summed E-state index contributed by atoms with van der Waals surface area (Å²) in [7, 11) is 1.68. The second kappa shape index (κ2) is 7.84. The van der Waals surface area contributed by atoms with E-state index in [2.05, 4.69) is 22.5 Å². The first-order valence-corrected chi connectivity index (χ1v) is 7.46. The number of carbonyl (C=O) groups is 2. The van der Waals surface area contributed by atoms with Gasteiger partial charge in [-0.05, 0) is 20.3 Å². The maximum absolute atomic E-state index is 11.8. The molecule has 6 nitrogen and oxygen atoms in total. The number of rotatable bonds is 6. The second-order valence-electron chi connectivity index (χ2n) is 4.81. The molecule has 0 aliphatic heterocycles. The molecule has 1 aromatic rings. The van der Waals surface area contributed by atoms with Crippen molar-refractivity contribution in [2.24, 2.45) is 0 Å². The normalized spacial score (nSPS) is 10.4. The number of amides is 3. The van der Waals surface area contributed by atoms with Gasteiger partial charge in [0.05, 0.1) is 13.1 Å². The van der Waals surface area contributed by atoms with E-state index in [9.17, 15) is 9.59 Å². The Labute approximate surface area is 123 Å². The van der Waals surface area contributed by atoms with Crippen LogP contribution in [0.3, 0.4) is 0 Å². The molecule has 2 N–H and O–H groups in total. The molecule has 1 rings (SSSR count). The van der Waals surface area contributed by atoms with Crippen LogP contribution in [0.2, 0.25) is 0 Å². The number of aryl methyl sites for hydroxylation is 1. The molecule has 0 fully saturated rings. The van der Waals surface area contributed by atoms with Gasteiger partial charge in [-0.2, -0.15) is 0 Å². The predicted molar refractivity (Wildman–Crippen MR) is 79.6 cm³/mol. The summed E-state index contributed by atoms with van der Waals surface area (Å²) in [6.07, 6.45) is 2.78. The molecule has 20 heavy (non-hydrogen) atoms. The van der Waals surface area contributed by atoms with Crippen molar-refractivity contribution in [3.05, 3.63) is 16.1 Å². The maximum Gasteiger partial charge on any atom is 0.317 e. The Morgan fingerprint density at radius 3 is 2.70 bits per heavy atom. The molecule has 1 heterocycles. The molecule has 0 saturated heterocycles. The van der Waals surface area contributed by atoms with Crippen LogP contribution in [0.1, 0.15) is 30.7 Å². The van der Waals surface area contributed by atoms with Gasteiger partial charge in [0.15, 0.2) is 0 Å². The Morgan fingerprint density at radius 1 is 1.45 bits per heavy atom. The Bertz CT molecular complexity index is 459. The van der Waals surface area contributed by atoms with Gasteiger partial charge in [-0.25, -0.2) is 9.78 Å². The zero-order chi connectivity index (χ0) is 15.1. The van der Waals surface area contributed by atoms with Crippen molar-refractivity contribution >= 4 is 23.3 Å². The SMILES string of the molecule is CCc1cnc(CN(C)C(=O)NCC(=O)NC(C)C)s1. The number of thiazole rings is 1. The molecule has 0 aromatic carbocycles. The Kier molecular flexibility index (Phi) is 6.44. The van der Waals surface area contributed by atoms with Gasteiger partial charge >= 0.3 is 6.03 Å². The van der Waals surface area contributed by atoms with E-state index in [1.54, 1.807) is 18.4 Å². The average Bonchev–Trinajstić information content (AvgIpc) is 2.82. The van der Waals surface area contributed by atoms with Crippen LogP contribution < -0.4 is 10.6 Å². The van der Waals surface area contributed by atoms with Crippen molar-refractivity contribution < 1.29 is 9.59 Å². The van der Waals surface area contributed by atoms with Gasteiger partial charge < -0.3 is 15.5 Å². The summed E-state index contributed by atoms with van der Waals surface area (Å²) in [5.41, 5.74) is 0. The van der Waals surface area contributed by atoms with Crippen LogP contribution in [0, 0.1) is 0 Å². The predicted octanol–water partition coefficient (Wildman–Crippen LogP) is 1.37. The molecule has 0 atom stereocenters. The first kappa shape index (κ1) is 16.4. The number of nitrogens with zero attached hydrogens (tertiary/aromatic N) is 2. The van der Waals surface area contributed by atoms with E-state index in [-0.39, 0.29) is 24.5 Å². The smallest absolute Gasteiger partial charge is 0.317 e. The number of hydrogen-bond acceptors (Lipinski definition) is 4. The van der Waals surface area contributed by atoms with Crippen LogP contribution >= 0.6 is 11.3 Å². The number of urea groups is 1. The fraction of sp³-hybridized carbons (Fsp3) is 0.615. The summed E-state index contributed by atoms with van der Waals surface area (Å²) in [6.45, 7) is 6.25. The molecule has 0 saturated carbocycles. The monoisotopic (exact) mass is 298 g/mol. The molecule has 0 spiro atoms. The minimum Gasteiger partial charge on any atom is -0.352 e. The van der Waals surface area contributed by atoms with Crippen molar-refractivity contribution in [3.8, 4) is 0 Å². The third kappa shape index (κ3) is 5.56. The molecule has 1 aromatic heterocycles. The van der Waals surface area contributed by atoms with E-state index in [4.69, 9.17) is 0 Å². The average molecular weight is 298 g/mol. The zero-order valence-corrected chi connectivity index (χ0v) is 13.2. The van der Waals surface area contributed by atoms with Crippen LogP contribution in [-0.4, -0.2) is 41.5 Å². The molecule has 0 aliphatic carbocycles. The molecule has 0 bridgehead atoms. The highest BCUT2D eigenvalue weighted by Gasteiger charge is 2.12. The lowest BCUT2D eigenvalue weighted by Crippen LogP contribution is -2.44. The van der Waals surface area contributed by atoms with Gasteiger partial charge in [0.25, 0.3) is 0 Å². The first-order valence-electron chi connectivity index (χ1n) is 6.64. The third-order valence-corrected chi connectivity index (χ3v) is 3.65. The number of aromatic nitrogens is 1. The fourth-order valence-corrected chi connectivity index (χ4v) is 2.44. The van der Waals surface area contributed by atoms with E-state index in [0.717, 1.165) is 11.4 Å². The van der Waals surface area contributed by atoms with Crippen molar-refractivity contribution in [2.45, 2.75) is 39.8 Å². The molecular weight excluding hydrogens is 276 g/mol. The topological polar surface area (TPSA) is 74.3 Å². The van der Waals surface area contributed by atoms with Gasteiger partial charge in [0.1, 0.15) is 5.01 Å². The number of carbonyl (C=O) groups excluding carboxylic acids is 2. The highest BCUT2D eigenvalue weighted by molar-refractivity contribution is 7.11. The summed E-state index contributed by atoms with van der Waals surface area (Å²) >= 11 is 1.60. The van der Waals surface area contributed by atoms with E-state index >= 15 is 0 Å². The van der Waals surface area contributed by atoms with E-state index < -0.39 is 0 Å². The summed E-state index contributed by atoms with van der Waals surface area (Å²) in [4.78, 5) is 30.2. The van der Waals surface area contributed by atoms with Crippen molar-refractivity contribution in [1.82, 2.24) is 20.5 Å². The molecule has 0 unspecified atom stereocenters. The Hall–Kier alpha value is -1.63. The number of nitrogens with one attached hydrogen (secondary N) is 2. The van der Waals surface area contributed by atoms with Crippen LogP contribution in [-0.2, 0) is 17.8 Å². The standard InChI is InChI=1S/C13H22N4O2S/c1-5-10-6-14-12(20-10)8-17(4)13(19)15-7-11(18)16-9(2)3/h6,9H,5,7-8H2,1-4H3,(H,15,19)(H,16,18). The minimum absolute atomic E-state index is 0.0145. The summed E-state index contributed by atoms with van der Waals surface area (Å²) in [6, 6.07) is -0.211. The quantitative estimate of drug-likeness (QED) is 0.833. The van der Waals surface area contributed by atoms with Crippen LogP contribution in [0.5, 0.6) is 0 Å². The van der Waals surface area contributed by atoms with Crippen molar-refractivity contribution in [2.75, 3.05) is 13.6 Å². The molecule has 112 valence electrons. The van der Waals surface area contributed by atoms with Gasteiger partial charge in [0, 0.05) is 24.2 Å². The lowest BCUT2D eigenvalue weighted by molar-refractivity contribution is -0.120. The third-order valence-electron chi connectivity index (χ3n) is 2.52. The lowest BCUT2D eigenvalue weighted by atomic mass is 10.4. The van der Waals surface area contributed by atoms with E-state index in [1.807, 2.05) is 20.0 Å². The summed E-state index contributed by atoms with van der Waals surface area (Å²) < 4.78 is 0. The highest BCUT2D eigenvalue weighted by Crippen LogP contribution is 2.14. The number of hydrogen-bond donors (Lipinski definition) is 2. The first-order chi connectivity index (χ1) is 9.42. The van der Waals surface area contributed by atoms with Gasteiger partial charge in [-0.1, -0.05) is 6.92 Å².